The number of hydrogen-bond acceptors (Lipinski definition) is 4. The van der Waals surface area contributed by atoms with Crippen LogP contribution in [0, 0.1) is 0 Å². The number of aromatic hydroxyl groups is 1. The van der Waals surface area contributed by atoms with Crippen LogP contribution in [0.5, 0.6) is 5.88 Å². The van der Waals surface area contributed by atoms with Crippen molar-refractivity contribution in [1.29, 1.82) is 0 Å². The molecule has 194 valence electrons. The summed E-state index contributed by atoms with van der Waals surface area (Å²) in [7, 11) is 0. The van der Waals surface area contributed by atoms with E-state index in [1.807, 2.05) is 97.1 Å². The predicted octanol–water partition coefficient (Wildman–Crippen LogP) is 6.61. The average Bonchev–Trinajstić information content (AvgIpc) is 3.23. The summed E-state index contributed by atoms with van der Waals surface area (Å²) in [6.07, 6.45) is 0. The Morgan fingerprint density at radius 2 is 1.41 bits per heavy atom. The largest absolute Gasteiger partial charge is 0.493 e. The van der Waals surface area contributed by atoms with Gasteiger partial charge in [0.15, 0.2) is 5.69 Å². The van der Waals surface area contributed by atoms with E-state index in [2.05, 4.69) is 15.5 Å². The van der Waals surface area contributed by atoms with Gasteiger partial charge in [-0.2, -0.15) is 0 Å². The van der Waals surface area contributed by atoms with Crippen LogP contribution in [-0.2, 0) is 16.1 Å². The lowest BCUT2D eigenvalue weighted by atomic mass is 9.90. The highest BCUT2D eigenvalue weighted by Crippen LogP contribution is 2.39. The first-order chi connectivity index (χ1) is 19.0. The van der Waals surface area contributed by atoms with Gasteiger partial charge in [0.1, 0.15) is 6.54 Å². The first kappa shape index (κ1) is 25.9. The standard InChI is InChI=1S/C31H25ClN4O3/c32-25-17-9-7-15-23(25)20-36-26-18-10-8-16-24(26)29(31(36)39)35-34-27(37)19-33-30(38)28(21-11-3-1-4-12-21)22-13-5-2-6-14-22/h1-18,28,39H,19-20H2,(H,33,38). The molecule has 0 aliphatic carbocycles. The normalized spacial score (nSPS) is 11.3. The van der Waals surface area contributed by atoms with Crippen LogP contribution < -0.4 is 5.32 Å². The van der Waals surface area contributed by atoms with E-state index in [1.165, 1.54) is 0 Å². The van der Waals surface area contributed by atoms with Gasteiger partial charge in [-0.25, -0.2) is 0 Å². The predicted molar refractivity (Wildman–Crippen MR) is 151 cm³/mol. The number of azo groups is 1. The summed E-state index contributed by atoms with van der Waals surface area (Å²) in [5.41, 5.74) is 3.34. The van der Waals surface area contributed by atoms with E-state index < -0.39 is 11.8 Å². The van der Waals surface area contributed by atoms with Crippen LogP contribution in [0.3, 0.4) is 0 Å². The Morgan fingerprint density at radius 3 is 2.08 bits per heavy atom. The molecule has 0 saturated carbocycles. The Hall–Kier alpha value is -4.75. The number of carbonyl (C=O) groups excluding carboxylic acids is 2. The molecule has 1 heterocycles. The molecule has 0 bridgehead atoms. The van der Waals surface area contributed by atoms with Gasteiger partial charge in [0.25, 0.3) is 5.91 Å². The highest BCUT2D eigenvalue weighted by molar-refractivity contribution is 6.31. The van der Waals surface area contributed by atoms with Gasteiger partial charge in [0, 0.05) is 10.4 Å². The van der Waals surface area contributed by atoms with Crippen LogP contribution in [0.1, 0.15) is 22.6 Å². The number of amides is 2. The summed E-state index contributed by atoms with van der Waals surface area (Å²) in [6.45, 7) is -0.0244. The molecule has 0 radical (unpaired) electrons. The van der Waals surface area contributed by atoms with Gasteiger partial charge in [-0.15, -0.1) is 10.2 Å². The summed E-state index contributed by atoms with van der Waals surface area (Å²) in [4.78, 5) is 25.8. The van der Waals surface area contributed by atoms with Crippen LogP contribution in [0.2, 0.25) is 5.02 Å². The van der Waals surface area contributed by atoms with E-state index in [9.17, 15) is 14.7 Å². The zero-order valence-electron chi connectivity index (χ0n) is 20.9. The van der Waals surface area contributed by atoms with Gasteiger partial charge in [-0.3, -0.25) is 9.59 Å². The molecule has 5 rings (SSSR count). The zero-order chi connectivity index (χ0) is 27.2. The number of nitrogens with zero attached hydrogens (tertiary/aromatic N) is 3. The number of nitrogens with one attached hydrogen (secondary N) is 1. The Labute approximate surface area is 230 Å². The van der Waals surface area contributed by atoms with Gasteiger partial charge in [-0.05, 0) is 28.8 Å². The Morgan fingerprint density at radius 1 is 0.821 bits per heavy atom. The second-order valence-electron chi connectivity index (χ2n) is 8.93. The van der Waals surface area contributed by atoms with Crippen LogP contribution in [0.4, 0.5) is 5.69 Å². The number of halogens is 1. The van der Waals surface area contributed by atoms with Gasteiger partial charge in [0.2, 0.25) is 11.8 Å². The number of aromatic nitrogens is 1. The van der Waals surface area contributed by atoms with Crippen molar-refractivity contribution in [2.24, 2.45) is 10.2 Å². The maximum Gasteiger partial charge on any atom is 0.283 e. The number of benzene rings is 4. The van der Waals surface area contributed by atoms with Crippen LogP contribution >= 0.6 is 11.6 Å². The fourth-order valence-corrected chi connectivity index (χ4v) is 4.71. The van der Waals surface area contributed by atoms with Crippen LogP contribution in [0.25, 0.3) is 10.9 Å². The van der Waals surface area contributed by atoms with E-state index in [1.54, 1.807) is 16.7 Å². The fraction of sp³-hybridized carbons (Fsp3) is 0.0968. The third kappa shape index (κ3) is 5.73. The minimum absolute atomic E-state index is 0.134. The second kappa shape index (κ2) is 11.8. The molecule has 0 atom stereocenters. The molecule has 2 N–H and O–H groups in total. The zero-order valence-corrected chi connectivity index (χ0v) is 21.6. The summed E-state index contributed by atoms with van der Waals surface area (Å²) < 4.78 is 1.67. The summed E-state index contributed by atoms with van der Waals surface area (Å²) in [5, 5.41) is 22.8. The van der Waals surface area contributed by atoms with Crippen molar-refractivity contribution in [3.63, 3.8) is 0 Å². The summed E-state index contributed by atoms with van der Waals surface area (Å²) >= 11 is 6.33. The molecule has 4 aromatic carbocycles. The molecule has 0 aliphatic rings. The molecular weight excluding hydrogens is 512 g/mol. The van der Waals surface area contributed by atoms with Gasteiger partial charge in [0.05, 0.1) is 18.0 Å². The molecule has 7 nitrogen and oxygen atoms in total. The molecule has 0 spiro atoms. The van der Waals surface area contributed by atoms with Crippen molar-refractivity contribution in [2.45, 2.75) is 12.5 Å². The Balaban J connectivity index is 1.34. The SMILES string of the molecule is O=C(CNC(=O)C(c1ccccc1)c1ccccc1)N=Nc1c(O)n(Cc2ccccc2Cl)c2ccccc12. The van der Waals surface area contributed by atoms with E-state index in [0.717, 1.165) is 22.2 Å². The summed E-state index contributed by atoms with van der Waals surface area (Å²) in [5.74, 6) is -1.69. The van der Waals surface area contributed by atoms with Crippen molar-refractivity contribution >= 4 is 40.0 Å². The van der Waals surface area contributed by atoms with Crippen molar-refractivity contribution < 1.29 is 14.7 Å². The molecule has 0 fully saturated rings. The average molecular weight is 537 g/mol. The molecule has 2 amide bonds. The van der Waals surface area contributed by atoms with Gasteiger partial charge >= 0.3 is 0 Å². The quantitative estimate of drug-likeness (QED) is 0.218. The van der Waals surface area contributed by atoms with Crippen molar-refractivity contribution in [1.82, 2.24) is 9.88 Å². The van der Waals surface area contributed by atoms with E-state index >= 15 is 0 Å². The smallest absolute Gasteiger partial charge is 0.283 e. The molecular formula is C31H25ClN4O3. The van der Waals surface area contributed by atoms with E-state index in [4.69, 9.17) is 11.6 Å². The van der Waals surface area contributed by atoms with Crippen molar-refractivity contribution in [2.75, 3.05) is 6.54 Å². The summed E-state index contributed by atoms with van der Waals surface area (Å²) in [6, 6.07) is 33.4. The third-order valence-electron chi connectivity index (χ3n) is 6.41. The lowest BCUT2D eigenvalue weighted by Gasteiger charge is -2.17. The minimum Gasteiger partial charge on any atom is -0.493 e. The molecule has 1 aromatic heterocycles. The molecule has 5 aromatic rings. The molecule has 0 saturated heterocycles. The lowest BCUT2D eigenvalue weighted by molar-refractivity contribution is -0.125. The highest BCUT2D eigenvalue weighted by atomic mass is 35.5. The lowest BCUT2D eigenvalue weighted by Crippen LogP contribution is -2.33. The van der Waals surface area contributed by atoms with Crippen molar-refractivity contribution in [3.8, 4) is 5.88 Å². The fourth-order valence-electron chi connectivity index (χ4n) is 4.52. The van der Waals surface area contributed by atoms with Gasteiger partial charge < -0.3 is 15.0 Å². The Bertz CT molecular complexity index is 1610. The van der Waals surface area contributed by atoms with Crippen molar-refractivity contribution in [3.05, 3.63) is 131 Å². The van der Waals surface area contributed by atoms with E-state index in [-0.39, 0.29) is 24.0 Å². The molecule has 0 unspecified atom stereocenters. The maximum atomic E-state index is 13.2. The van der Waals surface area contributed by atoms with E-state index in [0.29, 0.717) is 17.0 Å². The minimum atomic E-state index is -0.648. The first-order valence-electron chi connectivity index (χ1n) is 12.4. The van der Waals surface area contributed by atoms with Crippen LogP contribution in [0.15, 0.2) is 119 Å². The number of rotatable bonds is 8. The molecule has 8 heteroatoms. The first-order valence-corrected chi connectivity index (χ1v) is 12.8. The third-order valence-corrected chi connectivity index (χ3v) is 6.78. The maximum absolute atomic E-state index is 13.2. The molecule has 0 aliphatic heterocycles. The number of carbonyl (C=O) groups is 2. The highest BCUT2D eigenvalue weighted by Gasteiger charge is 2.23. The monoisotopic (exact) mass is 536 g/mol. The topological polar surface area (TPSA) is 96.1 Å². The molecule has 39 heavy (non-hydrogen) atoms. The number of fused-ring (bicyclic) bond motifs is 1. The van der Waals surface area contributed by atoms with Gasteiger partial charge in [-0.1, -0.05) is 109 Å². The Kier molecular flexibility index (Phi) is 7.80. The number of para-hydroxylation sites is 1. The van der Waals surface area contributed by atoms with Crippen LogP contribution in [-0.4, -0.2) is 28.0 Å². The second-order valence-corrected chi connectivity index (χ2v) is 9.34. The number of hydrogen-bond donors (Lipinski definition) is 2.